The molecule has 15 heavy (non-hydrogen) atoms. The molecule has 2 heterocycles. The standard InChI is InChI=1S/C10H12N2OS.HI/c1-8-7-14-10(12(8)2)11-6-9-4-3-5-13-9;/h3-5,7H,6H2,1-2H3;1H. The van der Waals surface area contributed by atoms with Gasteiger partial charge in [0, 0.05) is 5.38 Å². The molecule has 2 rings (SSSR count). The third kappa shape index (κ3) is 2.94. The lowest BCUT2D eigenvalue weighted by molar-refractivity contribution is -0.659. The zero-order valence-corrected chi connectivity index (χ0v) is 11.6. The Morgan fingerprint density at radius 2 is 2.33 bits per heavy atom. The Morgan fingerprint density at radius 3 is 2.87 bits per heavy atom. The number of furan rings is 1. The van der Waals surface area contributed by atoms with Crippen molar-refractivity contribution in [2.24, 2.45) is 7.05 Å². The van der Waals surface area contributed by atoms with E-state index in [0.717, 1.165) is 17.4 Å². The van der Waals surface area contributed by atoms with Crippen LogP contribution >= 0.6 is 11.3 Å². The Labute approximate surface area is 110 Å². The molecule has 3 nitrogen and oxygen atoms in total. The van der Waals surface area contributed by atoms with Crippen LogP contribution in [0.3, 0.4) is 0 Å². The number of hydrogen-bond donors (Lipinski definition) is 1. The van der Waals surface area contributed by atoms with Gasteiger partial charge in [0.1, 0.15) is 18.0 Å². The molecule has 0 fully saturated rings. The number of nitrogens with one attached hydrogen (secondary N) is 1. The number of hydrogen-bond acceptors (Lipinski definition) is 3. The molecule has 0 aromatic carbocycles. The largest absolute Gasteiger partial charge is 1.00 e. The van der Waals surface area contributed by atoms with Gasteiger partial charge in [-0.2, -0.15) is 0 Å². The fourth-order valence-electron chi connectivity index (χ4n) is 1.20. The minimum Gasteiger partial charge on any atom is -1.00 e. The lowest BCUT2D eigenvalue weighted by Gasteiger charge is -1.96. The summed E-state index contributed by atoms with van der Waals surface area (Å²) in [5, 5.41) is 6.61. The summed E-state index contributed by atoms with van der Waals surface area (Å²) in [6.07, 6.45) is 1.69. The van der Waals surface area contributed by atoms with Crippen LogP contribution in [-0.4, -0.2) is 0 Å². The zero-order chi connectivity index (χ0) is 9.97. The van der Waals surface area contributed by atoms with Crippen LogP contribution in [0, 0.1) is 6.92 Å². The highest BCUT2D eigenvalue weighted by molar-refractivity contribution is 7.13. The van der Waals surface area contributed by atoms with Crippen molar-refractivity contribution in [2.45, 2.75) is 13.5 Å². The molecule has 0 radical (unpaired) electrons. The van der Waals surface area contributed by atoms with Gasteiger partial charge in [-0.1, -0.05) is 11.3 Å². The van der Waals surface area contributed by atoms with Crippen LogP contribution < -0.4 is 33.9 Å². The fraction of sp³-hybridized carbons (Fsp3) is 0.300. The maximum atomic E-state index is 5.23. The number of rotatable bonds is 3. The van der Waals surface area contributed by atoms with Crippen LogP contribution in [0.15, 0.2) is 28.2 Å². The third-order valence-corrected chi connectivity index (χ3v) is 3.27. The molecule has 0 saturated carbocycles. The maximum Gasteiger partial charge on any atom is 0.334 e. The van der Waals surface area contributed by atoms with E-state index in [1.807, 2.05) is 12.1 Å². The predicted octanol–water partition coefficient (Wildman–Crippen LogP) is -0.910. The second-order valence-corrected chi connectivity index (χ2v) is 4.03. The Hall–Kier alpha value is -0.560. The Balaban J connectivity index is 0.00000112. The van der Waals surface area contributed by atoms with Crippen LogP contribution in [-0.2, 0) is 13.6 Å². The van der Waals surface area contributed by atoms with Crippen molar-refractivity contribution in [1.29, 1.82) is 0 Å². The Bertz CT molecular complexity index is 411. The maximum absolute atomic E-state index is 5.23. The van der Waals surface area contributed by atoms with Gasteiger partial charge in [-0.3, -0.25) is 5.32 Å². The number of aromatic nitrogens is 1. The van der Waals surface area contributed by atoms with Crippen LogP contribution in [0.1, 0.15) is 11.5 Å². The molecule has 5 heteroatoms. The van der Waals surface area contributed by atoms with E-state index >= 15 is 0 Å². The van der Waals surface area contributed by atoms with E-state index in [1.54, 1.807) is 17.6 Å². The van der Waals surface area contributed by atoms with Gasteiger partial charge in [-0.25, -0.2) is 4.57 Å². The number of halogens is 1. The second-order valence-electron chi connectivity index (χ2n) is 3.17. The van der Waals surface area contributed by atoms with Crippen molar-refractivity contribution >= 4 is 16.5 Å². The molecule has 0 aliphatic carbocycles. The summed E-state index contributed by atoms with van der Waals surface area (Å²) in [5.74, 6) is 0.955. The third-order valence-electron chi connectivity index (χ3n) is 2.17. The first-order valence-electron chi connectivity index (χ1n) is 4.48. The van der Waals surface area contributed by atoms with E-state index < -0.39 is 0 Å². The molecule has 2 aromatic heterocycles. The Kier molecular flexibility index (Phi) is 4.59. The summed E-state index contributed by atoms with van der Waals surface area (Å²) in [6, 6.07) is 3.87. The van der Waals surface area contributed by atoms with Crippen molar-refractivity contribution < 1.29 is 33.0 Å². The quantitative estimate of drug-likeness (QED) is 0.581. The van der Waals surface area contributed by atoms with E-state index in [1.165, 1.54) is 5.69 Å². The molecule has 0 spiro atoms. The monoisotopic (exact) mass is 336 g/mol. The van der Waals surface area contributed by atoms with Gasteiger partial charge in [0.2, 0.25) is 0 Å². The average Bonchev–Trinajstić information content (AvgIpc) is 2.77. The van der Waals surface area contributed by atoms with E-state index in [-0.39, 0.29) is 24.0 Å². The molecule has 0 bridgehead atoms. The van der Waals surface area contributed by atoms with E-state index in [9.17, 15) is 0 Å². The first-order chi connectivity index (χ1) is 6.77. The Morgan fingerprint density at radius 1 is 1.53 bits per heavy atom. The second kappa shape index (κ2) is 5.50. The van der Waals surface area contributed by atoms with Crippen molar-refractivity contribution in [2.75, 3.05) is 5.32 Å². The van der Waals surface area contributed by atoms with Gasteiger partial charge in [-0.05, 0) is 19.1 Å². The summed E-state index contributed by atoms with van der Waals surface area (Å²) in [7, 11) is 2.05. The van der Waals surface area contributed by atoms with Crippen LogP contribution in [0.4, 0.5) is 5.13 Å². The predicted molar refractivity (Wildman–Crippen MR) is 56.3 cm³/mol. The molecule has 0 aliphatic rings. The van der Waals surface area contributed by atoms with Gasteiger partial charge >= 0.3 is 5.13 Å². The lowest BCUT2D eigenvalue weighted by Crippen LogP contribution is -3.00. The summed E-state index contributed by atoms with van der Waals surface area (Å²) < 4.78 is 7.37. The number of anilines is 1. The summed E-state index contributed by atoms with van der Waals surface area (Å²) in [5.41, 5.74) is 1.26. The van der Waals surface area contributed by atoms with Crippen LogP contribution in [0.25, 0.3) is 0 Å². The van der Waals surface area contributed by atoms with Gasteiger partial charge in [-0.15, -0.1) is 0 Å². The van der Waals surface area contributed by atoms with Crippen molar-refractivity contribution in [3.8, 4) is 0 Å². The number of nitrogens with zero attached hydrogens (tertiary/aromatic N) is 1. The molecule has 1 N–H and O–H groups in total. The van der Waals surface area contributed by atoms with Crippen LogP contribution in [0.2, 0.25) is 0 Å². The molecule has 0 atom stereocenters. The number of thiazole rings is 1. The molecule has 2 aromatic rings. The summed E-state index contributed by atoms with van der Waals surface area (Å²) in [6.45, 7) is 2.83. The topological polar surface area (TPSA) is 29.1 Å². The normalized spacial score (nSPS) is 9.73. The smallest absolute Gasteiger partial charge is 0.334 e. The number of aryl methyl sites for hydroxylation is 1. The summed E-state index contributed by atoms with van der Waals surface area (Å²) >= 11 is 1.71. The van der Waals surface area contributed by atoms with E-state index in [2.05, 4.69) is 29.2 Å². The van der Waals surface area contributed by atoms with Gasteiger partial charge in [0.25, 0.3) is 0 Å². The summed E-state index contributed by atoms with van der Waals surface area (Å²) in [4.78, 5) is 0. The van der Waals surface area contributed by atoms with E-state index in [4.69, 9.17) is 4.42 Å². The highest BCUT2D eigenvalue weighted by Gasteiger charge is 2.10. The first-order valence-corrected chi connectivity index (χ1v) is 5.35. The minimum atomic E-state index is 0. The zero-order valence-electron chi connectivity index (χ0n) is 8.66. The molecule has 82 valence electrons. The van der Waals surface area contributed by atoms with Gasteiger partial charge in [0.05, 0.1) is 13.3 Å². The van der Waals surface area contributed by atoms with Crippen LogP contribution in [0.5, 0.6) is 0 Å². The van der Waals surface area contributed by atoms with Gasteiger partial charge in [0.15, 0.2) is 0 Å². The molecule has 0 saturated heterocycles. The SMILES string of the molecule is Cc1csc(NCc2ccco2)[n+]1C.[I-]. The van der Waals surface area contributed by atoms with Crippen molar-refractivity contribution in [3.63, 3.8) is 0 Å². The molecular weight excluding hydrogens is 323 g/mol. The van der Waals surface area contributed by atoms with Gasteiger partial charge < -0.3 is 28.4 Å². The van der Waals surface area contributed by atoms with Crippen molar-refractivity contribution in [1.82, 2.24) is 0 Å². The molecule has 0 amide bonds. The lowest BCUT2D eigenvalue weighted by atomic mass is 10.4. The van der Waals surface area contributed by atoms with E-state index in [0.29, 0.717) is 0 Å². The molecular formula is C10H13IN2OS. The average molecular weight is 336 g/mol. The highest BCUT2D eigenvalue weighted by atomic mass is 127. The fourth-order valence-corrected chi connectivity index (χ4v) is 2.09. The molecule has 0 aliphatic heterocycles. The first kappa shape index (κ1) is 12.5. The highest BCUT2D eigenvalue weighted by Crippen LogP contribution is 2.13. The minimum absolute atomic E-state index is 0. The molecule has 0 unspecified atom stereocenters. The van der Waals surface area contributed by atoms with Crippen molar-refractivity contribution in [3.05, 3.63) is 35.2 Å².